The van der Waals surface area contributed by atoms with Gasteiger partial charge in [0, 0.05) is 5.69 Å². The van der Waals surface area contributed by atoms with Crippen LogP contribution in [0.3, 0.4) is 0 Å². The Bertz CT molecular complexity index is 376. The number of amides is 1. The van der Waals surface area contributed by atoms with Gasteiger partial charge in [0.2, 0.25) is 5.91 Å². The van der Waals surface area contributed by atoms with E-state index in [1.165, 1.54) is 5.56 Å². The molecule has 0 fully saturated rings. The molecule has 88 valence electrons. The number of hydrogen-bond acceptors (Lipinski definition) is 1. The zero-order valence-electron chi connectivity index (χ0n) is 10.0. The number of nitrogens with one attached hydrogen (secondary N) is 1. The topological polar surface area (TPSA) is 29.1 Å². The van der Waals surface area contributed by atoms with Crippen molar-refractivity contribution in [1.29, 1.82) is 0 Å². The molecule has 0 aliphatic rings. The Morgan fingerprint density at radius 1 is 1.44 bits per heavy atom. The monoisotopic (exact) mass is 283 g/mol. The molecule has 1 rings (SSSR count). The van der Waals surface area contributed by atoms with Crippen molar-refractivity contribution in [1.82, 2.24) is 0 Å². The standard InChI is InChI=1S/C13H18BrNO/c1-4-10-8-6-7-9(3)12(10)15-13(16)11(14)5-2/h6-8,11H,4-5H2,1-3H3,(H,15,16). The maximum atomic E-state index is 11.8. The molecule has 0 aromatic heterocycles. The Hall–Kier alpha value is -0.830. The molecule has 0 bridgehead atoms. The second-order valence-electron chi connectivity index (χ2n) is 3.83. The van der Waals surface area contributed by atoms with Gasteiger partial charge in [-0.15, -0.1) is 0 Å². The molecule has 16 heavy (non-hydrogen) atoms. The van der Waals surface area contributed by atoms with Crippen molar-refractivity contribution < 1.29 is 4.79 Å². The van der Waals surface area contributed by atoms with Gasteiger partial charge in [-0.05, 0) is 30.9 Å². The minimum absolute atomic E-state index is 0.0338. The maximum Gasteiger partial charge on any atom is 0.238 e. The van der Waals surface area contributed by atoms with Gasteiger partial charge >= 0.3 is 0 Å². The number of aryl methyl sites for hydroxylation is 2. The molecule has 1 aromatic carbocycles. The molecule has 0 aliphatic carbocycles. The lowest BCUT2D eigenvalue weighted by Gasteiger charge is -2.14. The minimum atomic E-state index is -0.114. The van der Waals surface area contributed by atoms with Crippen molar-refractivity contribution in [3.05, 3.63) is 29.3 Å². The lowest BCUT2D eigenvalue weighted by Crippen LogP contribution is -2.23. The quantitative estimate of drug-likeness (QED) is 0.840. The van der Waals surface area contributed by atoms with Crippen LogP contribution in [0.15, 0.2) is 18.2 Å². The van der Waals surface area contributed by atoms with E-state index in [9.17, 15) is 4.79 Å². The number of anilines is 1. The summed E-state index contributed by atoms with van der Waals surface area (Å²) < 4.78 is 0. The highest BCUT2D eigenvalue weighted by Crippen LogP contribution is 2.22. The van der Waals surface area contributed by atoms with E-state index >= 15 is 0 Å². The third-order valence-electron chi connectivity index (χ3n) is 2.63. The van der Waals surface area contributed by atoms with Gasteiger partial charge in [0.25, 0.3) is 0 Å². The number of alkyl halides is 1. The van der Waals surface area contributed by atoms with Crippen LogP contribution in [0.4, 0.5) is 5.69 Å². The second kappa shape index (κ2) is 6.04. The molecule has 1 amide bonds. The fraction of sp³-hybridized carbons (Fsp3) is 0.462. The lowest BCUT2D eigenvalue weighted by atomic mass is 10.1. The Morgan fingerprint density at radius 2 is 2.12 bits per heavy atom. The Balaban J connectivity index is 2.92. The highest BCUT2D eigenvalue weighted by atomic mass is 79.9. The number of carbonyl (C=O) groups is 1. The minimum Gasteiger partial charge on any atom is -0.325 e. The first-order chi connectivity index (χ1) is 7.60. The first-order valence-corrected chi connectivity index (χ1v) is 6.55. The average Bonchev–Trinajstić information content (AvgIpc) is 2.30. The van der Waals surface area contributed by atoms with Crippen LogP contribution >= 0.6 is 15.9 Å². The van der Waals surface area contributed by atoms with Crippen LogP contribution in [0, 0.1) is 6.92 Å². The van der Waals surface area contributed by atoms with Gasteiger partial charge in [0.1, 0.15) is 0 Å². The number of para-hydroxylation sites is 1. The predicted octanol–water partition coefficient (Wildman–Crippen LogP) is 3.67. The molecule has 0 heterocycles. The summed E-state index contributed by atoms with van der Waals surface area (Å²) in [6.07, 6.45) is 1.72. The maximum absolute atomic E-state index is 11.8. The van der Waals surface area contributed by atoms with Crippen LogP contribution < -0.4 is 5.32 Å². The summed E-state index contributed by atoms with van der Waals surface area (Å²) in [6.45, 7) is 6.09. The van der Waals surface area contributed by atoms with Crippen LogP contribution in [0.5, 0.6) is 0 Å². The van der Waals surface area contributed by atoms with E-state index in [0.717, 1.165) is 24.1 Å². The van der Waals surface area contributed by atoms with E-state index in [4.69, 9.17) is 0 Å². The van der Waals surface area contributed by atoms with Gasteiger partial charge in [-0.3, -0.25) is 4.79 Å². The Kier molecular flexibility index (Phi) is 5.00. The average molecular weight is 284 g/mol. The van der Waals surface area contributed by atoms with Gasteiger partial charge in [0.15, 0.2) is 0 Å². The molecular weight excluding hydrogens is 266 g/mol. The van der Waals surface area contributed by atoms with Crippen LogP contribution in [-0.2, 0) is 11.2 Å². The summed E-state index contributed by atoms with van der Waals surface area (Å²) in [6, 6.07) is 6.09. The van der Waals surface area contributed by atoms with E-state index in [1.54, 1.807) is 0 Å². The van der Waals surface area contributed by atoms with E-state index in [-0.39, 0.29) is 10.7 Å². The molecule has 1 atom stereocenters. The molecule has 0 saturated heterocycles. The summed E-state index contributed by atoms with van der Waals surface area (Å²) in [5.74, 6) is 0.0338. The van der Waals surface area contributed by atoms with Gasteiger partial charge in [-0.25, -0.2) is 0 Å². The van der Waals surface area contributed by atoms with Gasteiger partial charge in [0.05, 0.1) is 4.83 Å². The number of hydrogen-bond donors (Lipinski definition) is 1. The van der Waals surface area contributed by atoms with Gasteiger partial charge < -0.3 is 5.32 Å². The lowest BCUT2D eigenvalue weighted by molar-refractivity contribution is -0.115. The van der Waals surface area contributed by atoms with Crippen molar-refractivity contribution in [2.75, 3.05) is 5.32 Å². The van der Waals surface area contributed by atoms with Gasteiger partial charge in [-0.2, -0.15) is 0 Å². The molecule has 0 aliphatic heterocycles. The molecule has 1 aromatic rings. The third kappa shape index (κ3) is 3.08. The Labute approximate surface area is 106 Å². The third-order valence-corrected chi connectivity index (χ3v) is 3.69. The number of halogens is 1. The number of rotatable bonds is 4. The largest absolute Gasteiger partial charge is 0.325 e. The Morgan fingerprint density at radius 3 is 2.69 bits per heavy atom. The van der Waals surface area contributed by atoms with Crippen molar-refractivity contribution in [2.24, 2.45) is 0 Å². The van der Waals surface area contributed by atoms with E-state index in [2.05, 4.69) is 34.2 Å². The van der Waals surface area contributed by atoms with Crippen LogP contribution in [0.25, 0.3) is 0 Å². The number of benzene rings is 1. The van der Waals surface area contributed by atoms with Crippen molar-refractivity contribution >= 4 is 27.5 Å². The molecule has 2 nitrogen and oxygen atoms in total. The SMILES string of the molecule is CCc1cccc(C)c1NC(=O)C(Br)CC. The highest BCUT2D eigenvalue weighted by Gasteiger charge is 2.14. The fourth-order valence-electron chi connectivity index (χ4n) is 1.59. The molecule has 1 unspecified atom stereocenters. The van der Waals surface area contributed by atoms with Crippen LogP contribution in [0.2, 0.25) is 0 Å². The summed E-state index contributed by atoms with van der Waals surface area (Å²) in [5.41, 5.74) is 3.26. The molecular formula is C13H18BrNO. The summed E-state index contributed by atoms with van der Waals surface area (Å²) >= 11 is 3.36. The van der Waals surface area contributed by atoms with Crippen molar-refractivity contribution in [3.8, 4) is 0 Å². The van der Waals surface area contributed by atoms with E-state index in [1.807, 2.05) is 26.0 Å². The molecule has 0 saturated carbocycles. The predicted molar refractivity (Wildman–Crippen MR) is 72.2 cm³/mol. The van der Waals surface area contributed by atoms with Crippen molar-refractivity contribution in [2.45, 2.75) is 38.4 Å². The van der Waals surface area contributed by atoms with Crippen molar-refractivity contribution in [3.63, 3.8) is 0 Å². The smallest absolute Gasteiger partial charge is 0.238 e. The summed E-state index contributed by atoms with van der Waals surface area (Å²) in [4.78, 5) is 11.7. The van der Waals surface area contributed by atoms with Gasteiger partial charge in [-0.1, -0.05) is 48.0 Å². The molecule has 0 spiro atoms. The zero-order valence-corrected chi connectivity index (χ0v) is 11.6. The van der Waals surface area contributed by atoms with Crippen LogP contribution in [0.1, 0.15) is 31.4 Å². The van der Waals surface area contributed by atoms with E-state index < -0.39 is 0 Å². The first kappa shape index (κ1) is 13.2. The molecule has 0 radical (unpaired) electrons. The number of carbonyl (C=O) groups excluding carboxylic acids is 1. The first-order valence-electron chi connectivity index (χ1n) is 5.63. The molecule has 1 N–H and O–H groups in total. The highest BCUT2D eigenvalue weighted by molar-refractivity contribution is 9.10. The normalized spacial score (nSPS) is 12.2. The van der Waals surface area contributed by atoms with Crippen LogP contribution in [-0.4, -0.2) is 10.7 Å². The molecule has 3 heteroatoms. The fourth-order valence-corrected chi connectivity index (χ4v) is 1.70. The second-order valence-corrected chi connectivity index (χ2v) is 4.93. The zero-order chi connectivity index (χ0) is 12.1. The van der Waals surface area contributed by atoms with E-state index in [0.29, 0.717) is 0 Å². The summed E-state index contributed by atoms with van der Waals surface area (Å²) in [5, 5.41) is 2.99. The summed E-state index contributed by atoms with van der Waals surface area (Å²) in [7, 11) is 0.